The lowest BCUT2D eigenvalue weighted by Gasteiger charge is -2.06. The first-order chi connectivity index (χ1) is 7.86. The molecule has 0 aliphatic rings. The Hall–Kier alpha value is -0.630. The molecule has 0 unspecified atom stereocenters. The van der Waals surface area contributed by atoms with E-state index in [4.69, 9.17) is 4.74 Å². The molecule has 0 saturated carbocycles. The second kappa shape index (κ2) is 8.51. The van der Waals surface area contributed by atoms with Gasteiger partial charge in [-0.2, -0.15) is 12.6 Å². The van der Waals surface area contributed by atoms with Gasteiger partial charge in [-0.1, -0.05) is 31.9 Å². The Kier molecular flexibility index (Phi) is 7.15. The first-order valence-electron chi connectivity index (χ1n) is 6.19. The number of unbranched alkanes of at least 4 members (excludes halogenated alkanes) is 2. The molecule has 1 rings (SSSR count). The molecule has 0 aliphatic carbocycles. The first kappa shape index (κ1) is 13.4. The van der Waals surface area contributed by atoms with Crippen LogP contribution in [-0.4, -0.2) is 12.4 Å². The maximum absolute atomic E-state index is 5.65. The highest BCUT2D eigenvalue weighted by molar-refractivity contribution is 7.80. The summed E-state index contributed by atoms with van der Waals surface area (Å²) in [5.41, 5.74) is 1.37. The van der Waals surface area contributed by atoms with Gasteiger partial charge >= 0.3 is 0 Å². The molecular weight excluding hydrogens is 216 g/mol. The van der Waals surface area contributed by atoms with Gasteiger partial charge < -0.3 is 4.74 Å². The zero-order valence-corrected chi connectivity index (χ0v) is 11.0. The van der Waals surface area contributed by atoms with Crippen LogP contribution in [0.3, 0.4) is 0 Å². The quantitative estimate of drug-likeness (QED) is 0.529. The van der Waals surface area contributed by atoms with Crippen molar-refractivity contribution in [1.29, 1.82) is 0 Å². The normalized spacial score (nSPS) is 10.4. The molecule has 0 bridgehead atoms. The van der Waals surface area contributed by atoms with Crippen molar-refractivity contribution in [2.45, 2.75) is 39.0 Å². The predicted octanol–water partition coefficient (Wildman–Crippen LogP) is 4.12. The third-order valence-corrected chi connectivity index (χ3v) is 2.88. The average Bonchev–Trinajstić information content (AvgIpc) is 2.33. The second-order valence-corrected chi connectivity index (χ2v) is 4.47. The molecule has 0 heterocycles. The van der Waals surface area contributed by atoms with Gasteiger partial charge in [0.15, 0.2) is 0 Å². The van der Waals surface area contributed by atoms with Crippen molar-refractivity contribution >= 4 is 12.6 Å². The number of hydrogen-bond donors (Lipinski definition) is 1. The highest BCUT2D eigenvalue weighted by Gasteiger charge is 1.95. The van der Waals surface area contributed by atoms with Crippen LogP contribution >= 0.6 is 12.6 Å². The van der Waals surface area contributed by atoms with Gasteiger partial charge in [0.25, 0.3) is 0 Å². The highest BCUT2D eigenvalue weighted by atomic mass is 32.1. The van der Waals surface area contributed by atoms with Crippen LogP contribution in [0.25, 0.3) is 0 Å². The van der Waals surface area contributed by atoms with Crippen molar-refractivity contribution in [3.63, 3.8) is 0 Å². The number of benzene rings is 1. The summed E-state index contributed by atoms with van der Waals surface area (Å²) in [5, 5.41) is 0. The average molecular weight is 238 g/mol. The van der Waals surface area contributed by atoms with E-state index in [0.29, 0.717) is 0 Å². The number of thiol groups is 1. The Bertz CT molecular complexity index is 269. The van der Waals surface area contributed by atoms with E-state index in [1.54, 1.807) is 0 Å². The second-order valence-electron chi connectivity index (χ2n) is 4.03. The van der Waals surface area contributed by atoms with Crippen LogP contribution in [0.2, 0.25) is 0 Å². The molecule has 1 aromatic carbocycles. The Labute approximate surface area is 105 Å². The Balaban J connectivity index is 2.27. The van der Waals surface area contributed by atoms with Crippen molar-refractivity contribution in [1.82, 2.24) is 0 Å². The Morgan fingerprint density at radius 3 is 2.44 bits per heavy atom. The van der Waals surface area contributed by atoms with E-state index in [0.717, 1.165) is 37.4 Å². The smallest absolute Gasteiger partial charge is 0.119 e. The molecule has 1 nitrogen and oxygen atoms in total. The zero-order valence-electron chi connectivity index (χ0n) is 10.1. The van der Waals surface area contributed by atoms with Crippen LogP contribution < -0.4 is 4.74 Å². The fourth-order valence-corrected chi connectivity index (χ4v) is 1.74. The van der Waals surface area contributed by atoms with E-state index < -0.39 is 0 Å². The minimum absolute atomic E-state index is 0.837. The molecule has 0 saturated heterocycles. The molecule has 0 amide bonds. The maximum Gasteiger partial charge on any atom is 0.119 e. The van der Waals surface area contributed by atoms with Gasteiger partial charge in [0.1, 0.15) is 5.75 Å². The van der Waals surface area contributed by atoms with Crippen molar-refractivity contribution in [2.75, 3.05) is 12.4 Å². The van der Waals surface area contributed by atoms with Crippen molar-refractivity contribution < 1.29 is 4.74 Å². The summed E-state index contributed by atoms with van der Waals surface area (Å²) in [6.07, 6.45) is 5.89. The molecular formula is C14H22OS. The van der Waals surface area contributed by atoms with E-state index >= 15 is 0 Å². The minimum atomic E-state index is 0.837. The van der Waals surface area contributed by atoms with Gasteiger partial charge in [0.2, 0.25) is 0 Å². The molecule has 0 fully saturated rings. The lowest BCUT2D eigenvalue weighted by molar-refractivity contribution is 0.306. The summed E-state index contributed by atoms with van der Waals surface area (Å²) in [7, 11) is 0. The topological polar surface area (TPSA) is 9.23 Å². The number of aryl methyl sites for hydroxylation is 1. The molecule has 0 aliphatic heterocycles. The standard InChI is InChI=1S/C14H22OS/c1-2-3-4-11-15-14-9-7-13(8-10-14)6-5-12-16/h7-10,16H,2-6,11-12H2,1H3. The summed E-state index contributed by atoms with van der Waals surface area (Å²) in [6.45, 7) is 3.04. The van der Waals surface area contributed by atoms with Crippen LogP contribution in [0.1, 0.15) is 38.2 Å². The van der Waals surface area contributed by atoms with E-state index in [-0.39, 0.29) is 0 Å². The number of ether oxygens (including phenoxy) is 1. The molecule has 1 aromatic rings. The van der Waals surface area contributed by atoms with Crippen LogP contribution in [-0.2, 0) is 6.42 Å². The van der Waals surface area contributed by atoms with Gasteiger partial charge in [-0.3, -0.25) is 0 Å². The number of hydrogen-bond acceptors (Lipinski definition) is 2. The fraction of sp³-hybridized carbons (Fsp3) is 0.571. The molecule has 0 aromatic heterocycles. The third kappa shape index (κ3) is 5.45. The fourth-order valence-electron chi connectivity index (χ4n) is 1.58. The van der Waals surface area contributed by atoms with Gasteiger partial charge in [-0.15, -0.1) is 0 Å². The Morgan fingerprint density at radius 1 is 1.06 bits per heavy atom. The molecule has 0 spiro atoms. The lowest BCUT2D eigenvalue weighted by Crippen LogP contribution is -1.97. The van der Waals surface area contributed by atoms with E-state index in [1.807, 2.05) is 0 Å². The highest BCUT2D eigenvalue weighted by Crippen LogP contribution is 2.14. The predicted molar refractivity (Wildman–Crippen MR) is 73.6 cm³/mol. The summed E-state index contributed by atoms with van der Waals surface area (Å²) in [4.78, 5) is 0. The summed E-state index contributed by atoms with van der Waals surface area (Å²) in [5.74, 6) is 1.95. The third-order valence-electron chi connectivity index (χ3n) is 2.56. The maximum atomic E-state index is 5.65. The lowest BCUT2D eigenvalue weighted by atomic mass is 10.1. The molecule has 0 radical (unpaired) electrons. The molecule has 2 heteroatoms. The minimum Gasteiger partial charge on any atom is -0.494 e. The van der Waals surface area contributed by atoms with E-state index in [2.05, 4.69) is 43.8 Å². The molecule has 90 valence electrons. The molecule has 16 heavy (non-hydrogen) atoms. The van der Waals surface area contributed by atoms with Crippen LogP contribution in [0, 0.1) is 0 Å². The van der Waals surface area contributed by atoms with E-state index in [9.17, 15) is 0 Å². The largest absolute Gasteiger partial charge is 0.494 e. The summed E-state index contributed by atoms with van der Waals surface area (Å²) >= 11 is 4.21. The molecule has 0 N–H and O–H groups in total. The van der Waals surface area contributed by atoms with Crippen LogP contribution in [0.5, 0.6) is 5.75 Å². The van der Waals surface area contributed by atoms with E-state index in [1.165, 1.54) is 18.4 Å². The monoisotopic (exact) mass is 238 g/mol. The van der Waals surface area contributed by atoms with Crippen molar-refractivity contribution in [2.24, 2.45) is 0 Å². The van der Waals surface area contributed by atoms with Crippen LogP contribution in [0.4, 0.5) is 0 Å². The molecule has 0 atom stereocenters. The van der Waals surface area contributed by atoms with Gasteiger partial charge in [-0.25, -0.2) is 0 Å². The Morgan fingerprint density at radius 2 is 1.81 bits per heavy atom. The van der Waals surface area contributed by atoms with Gasteiger partial charge in [0, 0.05) is 0 Å². The summed E-state index contributed by atoms with van der Waals surface area (Å²) < 4.78 is 5.65. The van der Waals surface area contributed by atoms with Gasteiger partial charge in [0.05, 0.1) is 6.61 Å². The summed E-state index contributed by atoms with van der Waals surface area (Å²) in [6, 6.07) is 8.44. The zero-order chi connectivity index (χ0) is 11.6. The first-order valence-corrected chi connectivity index (χ1v) is 6.82. The van der Waals surface area contributed by atoms with Crippen molar-refractivity contribution in [3.8, 4) is 5.75 Å². The SMILES string of the molecule is CCCCCOc1ccc(CCCS)cc1. The van der Waals surface area contributed by atoms with Gasteiger partial charge in [-0.05, 0) is 42.7 Å². The van der Waals surface area contributed by atoms with Crippen LogP contribution in [0.15, 0.2) is 24.3 Å². The number of rotatable bonds is 8. The van der Waals surface area contributed by atoms with Crippen molar-refractivity contribution in [3.05, 3.63) is 29.8 Å².